The standard InChI is InChI=1S/C32H12BF24.2C18H23PS.ClH.Pt/c34-25(35,36)13-1-14(26(37,38)39)6-21(5-13)33(22-7-15(27(40,41)42)2-16(8-22)28(43,44)45,23-9-17(29(46,47)48)3-18(10-23)30(49,50)51)24-11-19(31(52,53)54)4-20(12-24)32(55,56)57;2*1-18(2,3)20-15-14-19(16-10-6-4-7-11-16)17-12-8-5-9-13-17;;/h1-12H;2*4-13H,14-15H2,1-3H3;1H;/q-1;;;;+2/p-1. The Morgan fingerprint density at radius 1 is 0.273 bits per heavy atom. The van der Waals surface area contributed by atoms with Crippen LogP contribution < -0.4 is 43.1 Å². The fourth-order valence-electron chi connectivity index (χ4n) is 10.2. The average molecular weight is 1700 g/mol. The molecule has 540 valence electrons. The summed E-state index contributed by atoms with van der Waals surface area (Å²) >= 11 is 5.75. The third kappa shape index (κ3) is 24.4. The van der Waals surface area contributed by atoms with E-state index in [1.165, 1.54) is 45.0 Å². The van der Waals surface area contributed by atoms with Crippen LogP contribution in [0.3, 0.4) is 0 Å². The van der Waals surface area contributed by atoms with E-state index in [2.05, 4.69) is 196 Å². The number of benzene rings is 8. The van der Waals surface area contributed by atoms with Crippen molar-refractivity contribution < 1.29 is 124 Å². The first-order valence-corrected chi connectivity index (χ1v) is 36.7. The molecule has 0 N–H and O–H groups in total. The summed E-state index contributed by atoms with van der Waals surface area (Å²) in [6, 6.07) is 35.1. The molecule has 0 atom stereocenters. The van der Waals surface area contributed by atoms with Gasteiger partial charge in [0.05, 0.1) is 44.5 Å². The molecule has 0 nitrogen and oxygen atoms in total. The van der Waals surface area contributed by atoms with Crippen molar-refractivity contribution in [2.75, 3.05) is 23.8 Å². The number of alkyl halides is 24. The van der Waals surface area contributed by atoms with Crippen LogP contribution in [0.5, 0.6) is 0 Å². The molecular formula is C68H58BClF24P2PtS2. The monoisotopic (exact) mass is 1700 g/mol. The van der Waals surface area contributed by atoms with Gasteiger partial charge in [-0.25, -0.2) is 0 Å². The molecule has 0 unspecified atom stereocenters. The van der Waals surface area contributed by atoms with Crippen molar-refractivity contribution in [1.82, 2.24) is 0 Å². The molecule has 0 heterocycles. The molecule has 31 heteroatoms. The second-order valence-electron chi connectivity index (χ2n) is 23.8. The van der Waals surface area contributed by atoms with Gasteiger partial charge < -0.3 is 0 Å². The summed E-state index contributed by atoms with van der Waals surface area (Å²) in [5.41, 5.74) is -30.2. The van der Waals surface area contributed by atoms with Gasteiger partial charge in [-0.2, -0.15) is 151 Å². The second-order valence-corrected chi connectivity index (χ2v) is 32.3. The van der Waals surface area contributed by atoms with Gasteiger partial charge in [0.25, 0.3) is 0 Å². The number of hydrogen-bond donors (Lipinski definition) is 0. The van der Waals surface area contributed by atoms with Gasteiger partial charge in [-0.15, -0.1) is 0 Å². The molecular weight excluding hydrogens is 1640 g/mol. The number of thioether (sulfide) groups is 2. The quantitative estimate of drug-likeness (QED) is 0.0605. The molecule has 0 spiro atoms. The molecule has 8 aromatic carbocycles. The molecule has 8 rings (SSSR count). The molecule has 0 aromatic heterocycles. The van der Waals surface area contributed by atoms with Gasteiger partial charge in [-0.05, 0) is 85.2 Å². The maximum absolute atomic E-state index is 14.2. The topological polar surface area (TPSA) is 0 Å². The van der Waals surface area contributed by atoms with Crippen molar-refractivity contribution in [3.05, 3.63) is 239 Å². The van der Waals surface area contributed by atoms with E-state index in [1.54, 1.807) is 18.8 Å². The summed E-state index contributed by atoms with van der Waals surface area (Å²) in [5.74, 6) is 2.44. The molecule has 8 aromatic rings. The van der Waals surface area contributed by atoms with E-state index in [0.717, 1.165) is 0 Å². The predicted molar refractivity (Wildman–Crippen MR) is 348 cm³/mol. The van der Waals surface area contributed by atoms with Crippen molar-refractivity contribution in [2.45, 2.75) is 100 Å². The van der Waals surface area contributed by atoms with Crippen molar-refractivity contribution in [2.24, 2.45) is 0 Å². The Balaban J connectivity index is 0.000000338. The summed E-state index contributed by atoms with van der Waals surface area (Å²) in [4.78, 5) is 0. The van der Waals surface area contributed by atoms with Gasteiger partial charge >= 0.3 is 77.6 Å². The van der Waals surface area contributed by atoms with Crippen LogP contribution in [0.4, 0.5) is 105 Å². The Bertz CT molecular complexity index is 3250. The van der Waals surface area contributed by atoms with E-state index >= 15 is 0 Å². The first kappa shape index (κ1) is 84.3. The summed E-state index contributed by atoms with van der Waals surface area (Å²) < 4.78 is 342. The molecule has 0 amide bonds. The summed E-state index contributed by atoms with van der Waals surface area (Å²) in [6.07, 6.45) is -52.3. The van der Waals surface area contributed by atoms with Gasteiger partial charge in [0.1, 0.15) is 6.15 Å². The van der Waals surface area contributed by atoms with E-state index < -0.39 is 195 Å². The molecule has 0 fully saturated rings. The van der Waals surface area contributed by atoms with Gasteiger partial charge in [0, 0.05) is 9.49 Å². The second kappa shape index (κ2) is 33.4. The van der Waals surface area contributed by atoms with Crippen LogP contribution in [0.1, 0.15) is 86.1 Å². The van der Waals surface area contributed by atoms with E-state index in [-0.39, 0.29) is 15.8 Å². The van der Waals surface area contributed by atoms with Gasteiger partial charge in [-0.1, -0.05) is 211 Å². The number of hydrogen-bond acceptors (Lipinski definition) is 2. The van der Waals surface area contributed by atoms with Crippen LogP contribution in [-0.2, 0) is 68.2 Å². The predicted octanol–water partition coefficient (Wildman–Crippen LogP) is 21.2. The van der Waals surface area contributed by atoms with E-state index in [0.29, 0.717) is 9.49 Å². The normalized spacial score (nSPS) is 13.1. The third-order valence-corrected chi connectivity index (χ3v) is 22.6. The van der Waals surface area contributed by atoms with Crippen LogP contribution in [0.15, 0.2) is 194 Å². The van der Waals surface area contributed by atoms with E-state index in [1.807, 2.05) is 0 Å². The van der Waals surface area contributed by atoms with E-state index in [9.17, 15) is 105 Å². The van der Waals surface area contributed by atoms with Crippen LogP contribution in [0, 0.1) is 0 Å². The Morgan fingerprint density at radius 3 is 0.556 bits per heavy atom. The molecule has 0 aliphatic rings. The maximum atomic E-state index is 14.2. The molecule has 99 heavy (non-hydrogen) atoms. The first-order valence-electron chi connectivity index (χ1n) is 28.9. The Morgan fingerprint density at radius 2 is 0.424 bits per heavy atom. The van der Waals surface area contributed by atoms with Crippen LogP contribution in [-0.4, -0.2) is 39.5 Å². The minimum absolute atomic E-state index is 0.225. The van der Waals surface area contributed by atoms with Gasteiger partial charge in [0.15, 0.2) is 0 Å². The van der Waals surface area contributed by atoms with Crippen LogP contribution in [0.2, 0.25) is 0 Å². The zero-order chi connectivity index (χ0) is 74.8. The van der Waals surface area contributed by atoms with Crippen molar-refractivity contribution in [3.63, 3.8) is 0 Å². The average Bonchev–Trinajstić information content (AvgIpc) is 0.708. The van der Waals surface area contributed by atoms with Crippen LogP contribution in [0.25, 0.3) is 0 Å². The Kier molecular flexibility index (Phi) is 28.5. The van der Waals surface area contributed by atoms with Gasteiger partial charge in [-0.3, -0.25) is 0 Å². The Hall–Kier alpha value is -5.32. The van der Waals surface area contributed by atoms with Crippen molar-refractivity contribution >= 4 is 98.0 Å². The summed E-state index contributed by atoms with van der Waals surface area (Å²) in [5, 5.41) is 5.96. The van der Waals surface area contributed by atoms with E-state index in [4.69, 9.17) is 0 Å². The Labute approximate surface area is 581 Å². The number of halogens is 25. The van der Waals surface area contributed by atoms with Crippen molar-refractivity contribution in [1.29, 1.82) is 0 Å². The molecule has 0 radical (unpaired) electrons. The molecule has 0 bridgehead atoms. The zero-order valence-corrected chi connectivity index (χ0v) is 58.8. The number of rotatable bonds is 14. The van der Waals surface area contributed by atoms with Gasteiger partial charge in [0.2, 0.25) is 0 Å². The third-order valence-electron chi connectivity index (χ3n) is 14.4. The first-order chi connectivity index (χ1) is 45.4. The summed E-state index contributed by atoms with van der Waals surface area (Å²) in [7, 11) is 4.16. The van der Waals surface area contributed by atoms with Crippen molar-refractivity contribution in [3.8, 4) is 0 Å². The SMILES string of the molecule is CC(C)(C)SCCP(c1ccccc1)c1ccccc1.CC(C)(C)SCCP(c1ccccc1)c1ccccc1.FC(F)(F)c1cc([B-](c2cc(C(F)(F)F)cc(C(F)(F)F)c2)(c2cc(C(F)(F)F)cc(C(F)(F)F)c2)c2cc(C(F)(F)F)cc(C(F)(F)F)c2)cc(C(F)(F)F)c1.[Cl][Pt+]. The molecule has 0 aliphatic carbocycles. The molecule has 0 saturated heterocycles. The van der Waals surface area contributed by atoms with Crippen LogP contribution >= 0.6 is 48.8 Å². The molecule has 0 aliphatic heterocycles. The summed E-state index contributed by atoms with van der Waals surface area (Å²) in [6.45, 7) is 13.8. The molecule has 0 saturated carbocycles. The minimum atomic E-state index is -6.13. The zero-order valence-electron chi connectivity index (χ0n) is 52.4. The fourth-order valence-corrected chi connectivity index (χ4v) is 17.4. The fraction of sp³-hybridized carbons (Fsp3) is 0.294.